The molecule has 0 bridgehead atoms. The van der Waals surface area contributed by atoms with Crippen molar-refractivity contribution in [1.29, 1.82) is 0 Å². The SMILES string of the molecule is COc1cc(P)c(OC2CCC(C)(C(=O)OCc3cccc4ccccc34)CC2)cc1C(=O)OI. The number of hydrogen-bond acceptors (Lipinski definition) is 6. The Labute approximate surface area is 221 Å². The lowest BCUT2D eigenvalue weighted by Gasteiger charge is -2.35. The lowest BCUT2D eigenvalue weighted by atomic mass is 9.74. The van der Waals surface area contributed by atoms with Gasteiger partial charge in [-0.25, -0.2) is 4.79 Å². The highest BCUT2D eigenvalue weighted by Gasteiger charge is 2.39. The van der Waals surface area contributed by atoms with E-state index in [0.717, 1.165) is 21.6 Å². The van der Waals surface area contributed by atoms with Crippen molar-refractivity contribution >= 4 is 60.3 Å². The van der Waals surface area contributed by atoms with E-state index < -0.39 is 11.4 Å². The van der Waals surface area contributed by atoms with E-state index in [9.17, 15) is 9.59 Å². The largest absolute Gasteiger partial charge is 0.496 e. The van der Waals surface area contributed by atoms with Gasteiger partial charge in [-0.05, 0) is 61.1 Å². The van der Waals surface area contributed by atoms with Crippen molar-refractivity contribution in [3.63, 3.8) is 0 Å². The summed E-state index contributed by atoms with van der Waals surface area (Å²) in [6.45, 7) is 2.23. The molecule has 1 fully saturated rings. The number of ether oxygens (including phenoxy) is 3. The number of hydrogen-bond donors (Lipinski definition) is 0. The van der Waals surface area contributed by atoms with E-state index in [2.05, 4.69) is 21.4 Å². The van der Waals surface area contributed by atoms with Gasteiger partial charge in [0.25, 0.3) is 0 Å². The van der Waals surface area contributed by atoms with Gasteiger partial charge in [-0.2, -0.15) is 0 Å². The summed E-state index contributed by atoms with van der Waals surface area (Å²) in [7, 11) is 4.12. The quantitative estimate of drug-likeness (QED) is 0.189. The smallest absolute Gasteiger partial charge is 0.351 e. The summed E-state index contributed by atoms with van der Waals surface area (Å²) in [4.78, 5) is 25.2. The summed E-state index contributed by atoms with van der Waals surface area (Å²) in [5, 5.41) is 3.02. The number of carbonyl (C=O) groups excluding carboxylic acids is 2. The molecule has 184 valence electrons. The van der Waals surface area contributed by atoms with Crippen molar-refractivity contribution in [3.05, 3.63) is 65.7 Å². The van der Waals surface area contributed by atoms with Gasteiger partial charge in [-0.3, -0.25) is 4.79 Å². The van der Waals surface area contributed by atoms with Gasteiger partial charge in [0.1, 0.15) is 23.7 Å². The Kier molecular flexibility index (Phi) is 8.17. The van der Waals surface area contributed by atoms with E-state index in [-0.39, 0.29) is 18.7 Å². The molecular weight excluding hydrogens is 578 g/mol. The van der Waals surface area contributed by atoms with Crippen molar-refractivity contribution in [2.75, 3.05) is 7.11 Å². The van der Waals surface area contributed by atoms with Gasteiger partial charge in [0, 0.05) is 5.30 Å². The molecule has 0 aliphatic heterocycles. The van der Waals surface area contributed by atoms with E-state index in [1.807, 2.05) is 37.3 Å². The van der Waals surface area contributed by atoms with Crippen LogP contribution in [0.5, 0.6) is 11.5 Å². The fourth-order valence-electron chi connectivity index (χ4n) is 4.51. The lowest BCUT2D eigenvalue weighted by molar-refractivity contribution is -0.159. The van der Waals surface area contributed by atoms with Gasteiger partial charge in [0.05, 0.1) is 18.6 Å². The maximum atomic E-state index is 13.0. The first-order valence-electron chi connectivity index (χ1n) is 11.5. The number of methoxy groups -OCH3 is 1. The van der Waals surface area contributed by atoms with E-state index in [4.69, 9.17) is 17.3 Å². The second-order valence-corrected chi connectivity index (χ2v) is 10.1. The van der Waals surface area contributed by atoms with Crippen LogP contribution in [0.15, 0.2) is 54.6 Å². The Balaban J connectivity index is 1.38. The zero-order chi connectivity index (χ0) is 25.0. The molecule has 35 heavy (non-hydrogen) atoms. The van der Waals surface area contributed by atoms with E-state index in [0.29, 0.717) is 42.7 Å². The zero-order valence-corrected chi connectivity index (χ0v) is 23.0. The van der Waals surface area contributed by atoms with Gasteiger partial charge >= 0.3 is 11.9 Å². The van der Waals surface area contributed by atoms with Crippen molar-refractivity contribution in [1.82, 2.24) is 0 Å². The van der Waals surface area contributed by atoms with E-state index in [1.54, 1.807) is 35.1 Å². The van der Waals surface area contributed by atoms with E-state index in [1.165, 1.54) is 7.11 Å². The molecule has 3 aromatic carbocycles. The Bertz CT molecular complexity index is 1230. The van der Waals surface area contributed by atoms with Crippen molar-refractivity contribution in [2.45, 2.75) is 45.3 Å². The van der Waals surface area contributed by atoms with Crippen molar-refractivity contribution in [2.24, 2.45) is 5.41 Å². The first kappa shape index (κ1) is 25.7. The number of rotatable bonds is 7. The molecule has 3 aromatic rings. The standard InChI is InChI=1S/C27H28IO6P/c1-27(26(30)32-16-18-8-5-7-17-6-3-4-9-20(17)18)12-10-19(11-13-27)33-23-14-21(25(29)34-28)22(31-2)15-24(23)35/h3-9,14-15,19H,10-13,16,35H2,1-2H3. The molecule has 0 aromatic heterocycles. The van der Waals surface area contributed by atoms with Crippen LogP contribution < -0.4 is 14.8 Å². The highest BCUT2D eigenvalue weighted by Crippen LogP contribution is 2.39. The Morgan fingerprint density at radius 3 is 2.49 bits per heavy atom. The van der Waals surface area contributed by atoms with Gasteiger partial charge in [0.2, 0.25) is 0 Å². The number of fused-ring (bicyclic) bond motifs is 1. The van der Waals surface area contributed by atoms with Crippen LogP contribution >= 0.6 is 32.2 Å². The molecule has 0 N–H and O–H groups in total. The van der Waals surface area contributed by atoms with Crippen LogP contribution in [-0.4, -0.2) is 25.2 Å². The third-order valence-electron chi connectivity index (χ3n) is 6.68. The third-order valence-corrected chi connectivity index (χ3v) is 7.53. The normalized spacial score (nSPS) is 19.7. The Hall–Kier alpha value is -2.38. The Morgan fingerprint density at radius 2 is 1.77 bits per heavy atom. The van der Waals surface area contributed by atoms with Crippen LogP contribution in [0.4, 0.5) is 0 Å². The molecule has 0 amide bonds. The maximum absolute atomic E-state index is 13.0. The van der Waals surface area contributed by atoms with Crippen LogP contribution in [0.25, 0.3) is 10.8 Å². The first-order valence-corrected chi connectivity index (χ1v) is 12.9. The minimum absolute atomic E-state index is 0.0647. The average molecular weight is 606 g/mol. The van der Waals surface area contributed by atoms with Crippen molar-refractivity contribution < 1.29 is 26.9 Å². The highest BCUT2D eigenvalue weighted by molar-refractivity contribution is 14.1. The molecule has 0 spiro atoms. The van der Waals surface area contributed by atoms with Crippen LogP contribution in [0.1, 0.15) is 48.5 Å². The summed E-state index contributed by atoms with van der Waals surface area (Å²) in [5.74, 6) is 0.337. The molecular formula is C27H28IO6P. The summed E-state index contributed by atoms with van der Waals surface area (Å²) in [6, 6.07) is 17.5. The third kappa shape index (κ3) is 5.72. The fourth-order valence-corrected chi connectivity index (χ4v) is 5.05. The molecule has 1 saturated carbocycles. The number of esters is 1. The molecule has 1 aliphatic rings. The highest BCUT2D eigenvalue weighted by atomic mass is 127. The topological polar surface area (TPSA) is 71.1 Å². The van der Waals surface area contributed by atoms with Crippen molar-refractivity contribution in [3.8, 4) is 11.5 Å². The predicted octanol–water partition coefficient (Wildman–Crippen LogP) is 5.93. The van der Waals surface area contributed by atoms with Crippen LogP contribution in [-0.2, 0) is 19.2 Å². The van der Waals surface area contributed by atoms with Gasteiger partial charge < -0.3 is 17.3 Å². The number of carbonyl (C=O) groups is 2. The van der Waals surface area contributed by atoms with Gasteiger partial charge in [-0.1, -0.05) is 42.5 Å². The van der Waals surface area contributed by atoms with E-state index >= 15 is 0 Å². The first-order chi connectivity index (χ1) is 16.8. The molecule has 4 rings (SSSR count). The maximum Gasteiger partial charge on any atom is 0.351 e. The van der Waals surface area contributed by atoms with Crippen LogP contribution in [0.3, 0.4) is 0 Å². The fraction of sp³-hybridized carbons (Fsp3) is 0.333. The number of halogens is 1. The summed E-state index contributed by atoms with van der Waals surface area (Å²) in [6.07, 6.45) is 2.68. The molecule has 0 radical (unpaired) electrons. The molecule has 8 heteroatoms. The molecule has 6 nitrogen and oxygen atoms in total. The second-order valence-electron chi connectivity index (χ2n) is 9.05. The van der Waals surface area contributed by atoms with Crippen LogP contribution in [0, 0.1) is 5.41 Å². The minimum Gasteiger partial charge on any atom is -0.496 e. The van der Waals surface area contributed by atoms with Gasteiger partial charge in [-0.15, -0.1) is 9.24 Å². The number of benzene rings is 3. The summed E-state index contributed by atoms with van der Waals surface area (Å²) >= 11 is 1.55. The summed E-state index contributed by atoms with van der Waals surface area (Å²) in [5.41, 5.74) is 0.760. The second kappa shape index (κ2) is 11.1. The van der Waals surface area contributed by atoms with Crippen LogP contribution in [0.2, 0.25) is 0 Å². The monoisotopic (exact) mass is 606 g/mol. The van der Waals surface area contributed by atoms with Gasteiger partial charge in [0.15, 0.2) is 23.0 Å². The summed E-state index contributed by atoms with van der Waals surface area (Å²) < 4.78 is 22.1. The lowest BCUT2D eigenvalue weighted by Crippen LogP contribution is -2.37. The molecule has 1 unspecified atom stereocenters. The minimum atomic E-state index is -0.551. The predicted molar refractivity (Wildman–Crippen MR) is 147 cm³/mol. The average Bonchev–Trinajstić information content (AvgIpc) is 2.88. The zero-order valence-electron chi connectivity index (χ0n) is 19.7. The molecule has 0 saturated heterocycles. The molecule has 1 aliphatic carbocycles. The molecule has 0 heterocycles. The Morgan fingerprint density at radius 1 is 1.06 bits per heavy atom. The molecule has 1 atom stereocenters.